The number of benzene rings is 1. The molecule has 0 unspecified atom stereocenters. The lowest BCUT2D eigenvalue weighted by molar-refractivity contribution is -0.121. The molecule has 0 radical (unpaired) electrons. The van der Waals surface area contributed by atoms with E-state index in [1.165, 1.54) is 4.31 Å². The molecule has 152 valence electrons. The number of ether oxygens (including phenoxy) is 2. The number of morpholine rings is 1. The minimum absolute atomic E-state index is 0.161. The van der Waals surface area contributed by atoms with Gasteiger partial charge in [-0.1, -0.05) is 12.1 Å². The van der Waals surface area contributed by atoms with E-state index in [0.717, 1.165) is 30.7 Å². The highest BCUT2D eigenvalue weighted by Gasteiger charge is 2.21. The Kier molecular flexibility index (Phi) is 8.49. The van der Waals surface area contributed by atoms with E-state index >= 15 is 0 Å². The Morgan fingerprint density at radius 2 is 1.93 bits per heavy atom. The van der Waals surface area contributed by atoms with E-state index in [0.29, 0.717) is 39.3 Å². The lowest BCUT2D eigenvalue weighted by Gasteiger charge is -2.29. The van der Waals surface area contributed by atoms with E-state index < -0.39 is 10.0 Å². The highest BCUT2D eigenvalue weighted by atomic mass is 32.2. The summed E-state index contributed by atoms with van der Waals surface area (Å²) in [5.74, 6) is 0.489. The molecule has 1 aromatic rings. The van der Waals surface area contributed by atoms with E-state index in [1.54, 1.807) is 7.11 Å². The largest absolute Gasteiger partial charge is 0.497 e. The molecule has 1 N–H and O–H groups in total. The van der Waals surface area contributed by atoms with Gasteiger partial charge >= 0.3 is 0 Å². The van der Waals surface area contributed by atoms with Crippen molar-refractivity contribution in [1.29, 1.82) is 0 Å². The van der Waals surface area contributed by atoms with Crippen LogP contribution in [0.25, 0.3) is 0 Å². The van der Waals surface area contributed by atoms with Crippen molar-refractivity contribution in [2.45, 2.75) is 6.42 Å². The molecule has 0 saturated carbocycles. The maximum Gasteiger partial charge on any atom is 0.235 e. The number of hydrogen-bond acceptors (Lipinski definition) is 6. The second-order valence-corrected chi connectivity index (χ2v) is 8.48. The van der Waals surface area contributed by atoms with Crippen LogP contribution in [0.5, 0.6) is 5.75 Å². The third kappa shape index (κ3) is 7.84. The predicted octanol–water partition coefficient (Wildman–Crippen LogP) is -0.0523. The molecule has 1 fully saturated rings. The maximum atomic E-state index is 12.2. The lowest BCUT2D eigenvalue weighted by Crippen LogP contribution is -2.46. The van der Waals surface area contributed by atoms with Crippen LogP contribution < -0.4 is 10.1 Å². The van der Waals surface area contributed by atoms with Crippen LogP contribution in [0.4, 0.5) is 0 Å². The van der Waals surface area contributed by atoms with Crippen LogP contribution in [0.2, 0.25) is 0 Å². The van der Waals surface area contributed by atoms with Crippen molar-refractivity contribution in [3.8, 4) is 5.75 Å². The predicted molar refractivity (Wildman–Crippen MR) is 103 cm³/mol. The third-order valence-corrected chi connectivity index (χ3v) is 5.70. The molecule has 1 aromatic carbocycles. The van der Waals surface area contributed by atoms with E-state index in [-0.39, 0.29) is 12.5 Å². The van der Waals surface area contributed by atoms with Gasteiger partial charge in [0.25, 0.3) is 0 Å². The van der Waals surface area contributed by atoms with E-state index in [9.17, 15) is 13.2 Å². The topological polar surface area (TPSA) is 88.2 Å². The number of nitrogens with one attached hydrogen (secondary N) is 1. The first-order valence-electron chi connectivity index (χ1n) is 9.03. The molecule has 27 heavy (non-hydrogen) atoms. The van der Waals surface area contributed by atoms with Crippen LogP contribution in [0.3, 0.4) is 0 Å². The maximum absolute atomic E-state index is 12.2. The smallest absolute Gasteiger partial charge is 0.235 e. The Bertz CT molecular complexity index is 687. The van der Waals surface area contributed by atoms with Gasteiger partial charge in [0, 0.05) is 32.7 Å². The molecule has 0 aliphatic carbocycles. The minimum atomic E-state index is -3.45. The van der Waals surface area contributed by atoms with Crippen molar-refractivity contribution in [1.82, 2.24) is 14.5 Å². The van der Waals surface area contributed by atoms with Gasteiger partial charge in [-0.25, -0.2) is 8.42 Å². The Labute approximate surface area is 161 Å². The van der Waals surface area contributed by atoms with Crippen LogP contribution in [-0.4, -0.2) is 89.4 Å². The first-order chi connectivity index (χ1) is 12.9. The van der Waals surface area contributed by atoms with Crippen molar-refractivity contribution in [3.63, 3.8) is 0 Å². The van der Waals surface area contributed by atoms with Crippen LogP contribution in [0.15, 0.2) is 24.3 Å². The average Bonchev–Trinajstić information content (AvgIpc) is 2.65. The fraction of sp³-hybridized carbons (Fsp3) is 0.611. The number of methoxy groups -OCH3 is 1. The normalized spacial score (nSPS) is 15.7. The molecule has 1 saturated heterocycles. The second kappa shape index (κ2) is 10.6. The molecular weight excluding hydrogens is 370 g/mol. The molecule has 9 heteroatoms. The number of carbonyl (C=O) groups is 1. The van der Waals surface area contributed by atoms with Crippen molar-refractivity contribution < 1.29 is 22.7 Å². The standard InChI is InChI=1S/C18H29N3O5S/c1-25-17-5-3-16(4-6-17)7-8-19-18(22)15-21(27(2,23)24)10-9-20-11-13-26-14-12-20/h3-6H,7-15H2,1-2H3,(H,19,22). The van der Waals surface area contributed by atoms with E-state index in [1.807, 2.05) is 24.3 Å². The van der Waals surface area contributed by atoms with Gasteiger partial charge in [-0.05, 0) is 24.1 Å². The molecule has 1 aliphatic heterocycles. The van der Waals surface area contributed by atoms with Gasteiger partial charge in [-0.15, -0.1) is 0 Å². The summed E-state index contributed by atoms with van der Waals surface area (Å²) in [5, 5.41) is 2.79. The molecule has 0 spiro atoms. The molecule has 8 nitrogen and oxygen atoms in total. The van der Waals surface area contributed by atoms with Gasteiger partial charge in [0.15, 0.2) is 0 Å². The van der Waals surface area contributed by atoms with Crippen molar-refractivity contribution >= 4 is 15.9 Å². The van der Waals surface area contributed by atoms with Crippen molar-refractivity contribution in [2.75, 3.05) is 65.8 Å². The first-order valence-corrected chi connectivity index (χ1v) is 10.9. The summed E-state index contributed by atoms with van der Waals surface area (Å²) >= 11 is 0. The number of rotatable bonds is 10. The number of hydrogen-bond donors (Lipinski definition) is 1. The highest BCUT2D eigenvalue weighted by Crippen LogP contribution is 2.11. The molecule has 0 aromatic heterocycles. The summed E-state index contributed by atoms with van der Waals surface area (Å²) in [7, 11) is -1.83. The fourth-order valence-electron chi connectivity index (χ4n) is 2.79. The molecule has 0 atom stereocenters. The molecule has 0 bridgehead atoms. The molecule has 1 heterocycles. The molecule has 2 rings (SSSR count). The van der Waals surface area contributed by atoms with E-state index in [2.05, 4.69) is 10.2 Å². The Hall–Kier alpha value is -1.68. The van der Waals surface area contributed by atoms with Crippen molar-refractivity contribution in [2.24, 2.45) is 0 Å². The third-order valence-electron chi connectivity index (χ3n) is 4.45. The van der Waals surface area contributed by atoms with Gasteiger partial charge in [-0.3, -0.25) is 9.69 Å². The first kappa shape index (κ1) is 21.6. The van der Waals surface area contributed by atoms with Crippen LogP contribution >= 0.6 is 0 Å². The summed E-state index contributed by atoms with van der Waals surface area (Å²) in [6.45, 7) is 4.06. The minimum Gasteiger partial charge on any atom is -0.497 e. The molecule has 1 aliphatic rings. The van der Waals surface area contributed by atoms with E-state index in [4.69, 9.17) is 9.47 Å². The van der Waals surface area contributed by atoms with Gasteiger partial charge in [0.1, 0.15) is 5.75 Å². The molecular formula is C18H29N3O5S. The zero-order valence-electron chi connectivity index (χ0n) is 16.0. The average molecular weight is 400 g/mol. The van der Waals surface area contributed by atoms with Crippen molar-refractivity contribution in [3.05, 3.63) is 29.8 Å². The summed E-state index contributed by atoms with van der Waals surface area (Å²) < 4.78 is 35.6. The summed E-state index contributed by atoms with van der Waals surface area (Å²) in [5.41, 5.74) is 1.07. The Morgan fingerprint density at radius 3 is 2.52 bits per heavy atom. The monoisotopic (exact) mass is 399 g/mol. The Morgan fingerprint density at radius 1 is 1.26 bits per heavy atom. The summed E-state index contributed by atoms with van der Waals surface area (Å²) in [4.78, 5) is 14.3. The number of amides is 1. The number of sulfonamides is 1. The summed E-state index contributed by atoms with van der Waals surface area (Å²) in [6, 6.07) is 7.62. The van der Waals surface area contributed by atoms with Gasteiger partial charge in [0.05, 0.1) is 33.1 Å². The summed E-state index contributed by atoms with van der Waals surface area (Å²) in [6.07, 6.45) is 1.80. The van der Waals surface area contributed by atoms with Crippen LogP contribution in [0.1, 0.15) is 5.56 Å². The highest BCUT2D eigenvalue weighted by molar-refractivity contribution is 7.88. The van der Waals surface area contributed by atoms with Crippen LogP contribution in [-0.2, 0) is 26.0 Å². The van der Waals surface area contributed by atoms with Gasteiger partial charge in [-0.2, -0.15) is 4.31 Å². The quantitative estimate of drug-likeness (QED) is 0.593. The zero-order chi connectivity index (χ0) is 19.7. The number of carbonyl (C=O) groups excluding carboxylic acids is 1. The zero-order valence-corrected chi connectivity index (χ0v) is 16.8. The fourth-order valence-corrected chi connectivity index (χ4v) is 3.56. The number of nitrogens with zero attached hydrogens (tertiary/aromatic N) is 2. The van der Waals surface area contributed by atoms with Gasteiger partial charge < -0.3 is 14.8 Å². The molecule has 1 amide bonds. The Balaban J connectivity index is 1.76. The SMILES string of the molecule is COc1ccc(CCNC(=O)CN(CCN2CCOCC2)S(C)(=O)=O)cc1. The van der Waals surface area contributed by atoms with Gasteiger partial charge in [0.2, 0.25) is 15.9 Å². The lowest BCUT2D eigenvalue weighted by atomic mass is 10.1. The van der Waals surface area contributed by atoms with Crippen LogP contribution in [0, 0.1) is 0 Å². The second-order valence-electron chi connectivity index (χ2n) is 6.50.